The highest BCUT2D eigenvalue weighted by molar-refractivity contribution is 5.85. The average Bonchev–Trinajstić information content (AvgIpc) is 2.84. The Kier molecular flexibility index (Phi) is 8.43. The number of aryl methyl sites for hydroxylation is 1. The molecule has 1 aliphatic rings. The summed E-state index contributed by atoms with van der Waals surface area (Å²) in [5.41, 5.74) is 7.45. The predicted molar refractivity (Wildman–Crippen MR) is 127 cm³/mol. The number of rotatable bonds is 8. The van der Waals surface area contributed by atoms with Gasteiger partial charge in [-0.3, -0.25) is 14.9 Å². The normalized spacial score (nSPS) is 14.9. The number of ether oxygens (including phenoxy) is 1. The highest BCUT2D eigenvalue weighted by Gasteiger charge is 2.38. The van der Waals surface area contributed by atoms with Crippen LogP contribution in [0.1, 0.15) is 30.9 Å². The number of nitrogens with one attached hydrogen (secondary N) is 2. The standard InChI is InChI=1S/C25H32N4O4/c1-2-19-8-10-21(11-9-19)27-24(32)33-18-25(12-14-29(15-13-25)23(31)17-26)28-22(30)16-20-6-4-3-5-7-20/h3-11H,2,12-18,26H2,1H3,(H,27,32)(H,28,30). The summed E-state index contributed by atoms with van der Waals surface area (Å²) < 4.78 is 5.53. The molecule has 4 N–H and O–H groups in total. The van der Waals surface area contributed by atoms with Gasteiger partial charge in [-0.1, -0.05) is 49.4 Å². The Labute approximate surface area is 194 Å². The van der Waals surface area contributed by atoms with Crippen LogP contribution in [-0.2, 0) is 27.2 Å². The van der Waals surface area contributed by atoms with E-state index in [0.29, 0.717) is 31.6 Å². The van der Waals surface area contributed by atoms with Crippen LogP contribution in [0.25, 0.3) is 0 Å². The number of carbonyl (C=O) groups is 3. The van der Waals surface area contributed by atoms with Crippen LogP contribution in [0.2, 0.25) is 0 Å². The minimum atomic E-state index is -0.749. The van der Waals surface area contributed by atoms with Gasteiger partial charge < -0.3 is 20.7 Å². The van der Waals surface area contributed by atoms with Crippen molar-refractivity contribution in [2.75, 3.05) is 31.6 Å². The zero-order valence-electron chi connectivity index (χ0n) is 19.0. The summed E-state index contributed by atoms with van der Waals surface area (Å²) in [5, 5.41) is 5.80. The molecule has 1 saturated heterocycles. The van der Waals surface area contributed by atoms with Gasteiger partial charge >= 0.3 is 6.09 Å². The number of carbonyl (C=O) groups excluding carboxylic acids is 3. The van der Waals surface area contributed by atoms with Crippen LogP contribution in [0.5, 0.6) is 0 Å². The quantitative estimate of drug-likeness (QED) is 0.569. The van der Waals surface area contributed by atoms with E-state index in [1.807, 2.05) is 54.6 Å². The van der Waals surface area contributed by atoms with Gasteiger partial charge in [0.1, 0.15) is 6.61 Å². The summed E-state index contributed by atoms with van der Waals surface area (Å²) in [5.74, 6) is -0.285. The Balaban J connectivity index is 1.62. The summed E-state index contributed by atoms with van der Waals surface area (Å²) in [6.07, 6.45) is 1.50. The lowest BCUT2D eigenvalue weighted by Crippen LogP contribution is -2.59. The number of hydrogen-bond donors (Lipinski definition) is 3. The number of benzene rings is 2. The van der Waals surface area contributed by atoms with Crippen molar-refractivity contribution >= 4 is 23.6 Å². The van der Waals surface area contributed by atoms with Crippen molar-refractivity contribution in [3.63, 3.8) is 0 Å². The molecule has 1 heterocycles. The van der Waals surface area contributed by atoms with Crippen LogP contribution in [0.3, 0.4) is 0 Å². The van der Waals surface area contributed by atoms with Gasteiger partial charge in [-0.2, -0.15) is 0 Å². The van der Waals surface area contributed by atoms with Crippen molar-refractivity contribution in [2.45, 2.75) is 38.1 Å². The first-order valence-electron chi connectivity index (χ1n) is 11.3. The molecule has 0 aromatic heterocycles. The number of likely N-dealkylation sites (tertiary alicyclic amines) is 1. The topological polar surface area (TPSA) is 114 Å². The molecule has 0 atom stereocenters. The summed E-state index contributed by atoms with van der Waals surface area (Å²) in [4.78, 5) is 38.9. The zero-order chi connectivity index (χ0) is 23.7. The Morgan fingerprint density at radius 3 is 2.27 bits per heavy atom. The molecule has 176 valence electrons. The Bertz CT molecular complexity index is 939. The third-order valence-corrected chi connectivity index (χ3v) is 5.95. The summed E-state index contributed by atoms with van der Waals surface area (Å²) in [6.45, 7) is 2.89. The van der Waals surface area contributed by atoms with E-state index in [2.05, 4.69) is 17.6 Å². The van der Waals surface area contributed by atoms with E-state index in [4.69, 9.17) is 10.5 Å². The second-order valence-corrected chi connectivity index (χ2v) is 8.33. The highest BCUT2D eigenvalue weighted by atomic mass is 16.5. The highest BCUT2D eigenvalue weighted by Crippen LogP contribution is 2.24. The largest absolute Gasteiger partial charge is 0.447 e. The predicted octanol–water partition coefficient (Wildman–Crippen LogP) is 2.48. The summed E-state index contributed by atoms with van der Waals surface area (Å²) in [7, 11) is 0. The van der Waals surface area contributed by atoms with Gasteiger partial charge in [0.05, 0.1) is 18.5 Å². The van der Waals surface area contributed by atoms with Gasteiger partial charge in [0.2, 0.25) is 11.8 Å². The summed E-state index contributed by atoms with van der Waals surface area (Å²) in [6, 6.07) is 17.0. The molecule has 2 aromatic carbocycles. The van der Waals surface area contributed by atoms with Crippen LogP contribution in [0.4, 0.5) is 10.5 Å². The first-order chi connectivity index (χ1) is 15.9. The fraction of sp³-hybridized carbons (Fsp3) is 0.400. The van der Waals surface area contributed by atoms with Crippen LogP contribution in [0.15, 0.2) is 54.6 Å². The van der Waals surface area contributed by atoms with Crippen molar-refractivity contribution in [3.05, 3.63) is 65.7 Å². The first-order valence-corrected chi connectivity index (χ1v) is 11.3. The molecule has 0 spiro atoms. The number of piperidine rings is 1. The molecular weight excluding hydrogens is 420 g/mol. The number of nitrogens with two attached hydrogens (primary N) is 1. The number of amides is 3. The fourth-order valence-electron chi connectivity index (χ4n) is 3.92. The molecule has 3 amide bonds. The SMILES string of the molecule is CCc1ccc(NC(=O)OCC2(NC(=O)Cc3ccccc3)CCN(C(=O)CN)CC2)cc1. The van der Waals surface area contributed by atoms with Gasteiger partial charge in [0, 0.05) is 18.8 Å². The van der Waals surface area contributed by atoms with Crippen molar-refractivity contribution in [1.29, 1.82) is 0 Å². The first kappa shape index (κ1) is 24.3. The number of anilines is 1. The van der Waals surface area contributed by atoms with Gasteiger partial charge in [0.25, 0.3) is 0 Å². The average molecular weight is 453 g/mol. The van der Waals surface area contributed by atoms with Crippen LogP contribution in [-0.4, -0.2) is 54.6 Å². The summed E-state index contributed by atoms with van der Waals surface area (Å²) >= 11 is 0. The maximum Gasteiger partial charge on any atom is 0.411 e. The lowest BCUT2D eigenvalue weighted by Gasteiger charge is -2.41. The van der Waals surface area contributed by atoms with Gasteiger partial charge in [-0.15, -0.1) is 0 Å². The minimum Gasteiger partial charge on any atom is -0.447 e. The lowest BCUT2D eigenvalue weighted by atomic mass is 9.87. The van der Waals surface area contributed by atoms with Crippen molar-refractivity contribution in [1.82, 2.24) is 10.2 Å². The monoisotopic (exact) mass is 452 g/mol. The second kappa shape index (κ2) is 11.5. The maximum absolute atomic E-state index is 12.8. The fourth-order valence-corrected chi connectivity index (χ4v) is 3.92. The third kappa shape index (κ3) is 7.05. The molecule has 8 nitrogen and oxygen atoms in total. The second-order valence-electron chi connectivity index (χ2n) is 8.33. The molecule has 1 fully saturated rings. The number of nitrogens with zero attached hydrogens (tertiary/aromatic N) is 1. The molecule has 1 aliphatic heterocycles. The molecule has 33 heavy (non-hydrogen) atoms. The van der Waals surface area contributed by atoms with E-state index in [1.165, 1.54) is 5.56 Å². The zero-order valence-corrected chi connectivity index (χ0v) is 19.0. The molecule has 3 rings (SSSR count). The van der Waals surface area contributed by atoms with Crippen LogP contribution in [0, 0.1) is 0 Å². The van der Waals surface area contributed by atoms with Crippen LogP contribution >= 0.6 is 0 Å². The molecule has 2 aromatic rings. The number of hydrogen-bond acceptors (Lipinski definition) is 5. The van der Waals surface area contributed by atoms with Crippen molar-refractivity contribution < 1.29 is 19.1 Å². The molecule has 0 saturated carbocycles. The molecule has 0 bridgehead atoms. The van der Waals surface area contributed by atoms with Crippen molar-refractivity contribution in [3.8, 4) is 0 Å². The van der Waals surface area contributed by atoms with E-state index in [0.717, 1.165) is 12.0 Å². The Morgan fingerprint density at radius 2 is 1.67 bits per heavy atom. The molecule has 8 heteroatoms. The Hall–Kier alpha value is -3.39. The molecular formula is C25H32N4O4. The van der Waals surface area contributed by atoms with Crippen LogP contribution < -0.4 is 16.4 Å². The lowest BCUT2D eigenvalue weighted by molar-refractivity contribution is -0.132. The van der Waals surface area contributed by atoms with E-state index in [1.54, 1.807) is 4.90 Å². The van der Waals surface area contributed by atoms with E-state index >= 15 is 0 Å². The minimum absolute atomic E-state index is 0.0110. The van der Waals surface area contributed by atoms with Gasteiger partial charge in [0.15, 0.2) is 0 Å². The maximum atomic E-state index is 12.8. The van der Waals surface area contributed by atoms with Crippen molar-refractivity contribution in [2.24, 2.45) is 5.73 Å². The third-order valence-electron chi connectivity index (χ3n) is 5.95. The molecule has 0 unspecified atom stereocenters. The smallest absolute Gasteiger partial charge is 0.411 e. The Morgan fingerprint density at radius 1 is 1.00 bits per heavy atom. The van der Waals surface area contributed by atoms with Gasteiger partial charge in [-0.25, -0.2) is 4.79 Å². The molecule has 0 aliphatic carbocycles. The van der Waals surface area contributed by atoms with Gasteiger partial charge in [-0.05, 0) is 42.5 Å². The van der Waals surface area contributed by atoms with E-state index < -0.39 is 11.6 Å². The van der Waals surface area contributed by atoms with E-state index in [-0.39, 0.29) is 31.4 Å². The van der Waals surface area contributed by atoms with E-state index in [9.17, 15) is 14.4 Å². The molecule has 0 radical (unpaired) electrons.